The van der Waals surface area contributed by atoms with Crippen molar-refractivity contribution in [1.29, 1.82) is 0 Å². The summed E-state index contributed by atoms with van der Waals surface area (Å²) in [7, 11) is 3.67. The van der Waals surface area contributed by atoms with Gasteiger partial charge >= 0.3 is 0 Å². The highest BCUT2D eigenvalue weighted by Gasteiger charge is 2.20. The Bertz CT molecular complexity index is 419. The zero-order valence-electron chi connectivity index (χ0n) is 12.7. The van der Waals surface area contributed by atoms with Crippen LogP contribution in [-0.2, 0) is 18.4 Å². The minimum absolute atomic E-state index is 0.0798. The lowest BCUT2D eigenvalue weighted by Gasteiger charge is -2.24. The van der Waals surface area contributed by atoms with Gasteiger partial charge in [0.25, 0.3) is 0 Å². The van der Waals surface area contributed by atoms with Crippen molar-refractivity contribution >= 4 is 5.91 Å². The Morgan fingerprint density at radius 1 is 1.53 bits per heavy atom. The number of rotatable bonds is 5. The van der Waals surface area contributed by atoms with Crippen LogP contribution >= 0.6 is 0 Å². The van der Waals surface area contributed by atoms with Crippen LogP contribution in [0.15, 0.2) is 12.4 Å². The van der Waals surface area contributed by atoms with E-state index >= 15 is 0 Å². The molecule has 1 heterocycles. The van der Waals surface area contributed by atoms with E-state index in [-0.39, 0.29) is 17.4 Å². The molecule has 5 nitrogen and oxygen atoms in total. The van der Waals surface area contributed by atoms with Gasteiger partial charge in [0.15, 0.2) is 0 Å². The lowest BCUT2D eigenvalue weighted by atomic mass is 9.87. The van der Waals surface area contributed by atoms with Gasteiger partial charge in [-0.25, -0.2) is 0 Å². The summed E-state index contributed by atoms with van der Waals surface area (Å²) in [5.74, 6) is 0.0839. The topological polar surface area (TPSA) is 64.2 Å². The molecule has 1 atom stereocenters. The van der Waals surface area contributed by atoms with E-state index in [1.54, 1.807) is 22.8 Å². The molecule has 0 aliphatic carbocycles. The van der Waals surface area contributed by atoms with E-state index in [2.05, 4.69) is 25.9 Å². The van der Waals surface area contributed by atoms with Gasteiger partial charge < -0.3 is 10.6 Å². The summed E-state index contributed by atoms with van der Waals surface area (Å²) < 4.78 is 1.74. The Labute approximate surface area is 115 Å². The Balaban J connectivity index is 2.44. The van der Waals surface area contributed by atoms with E-state index in [0.29, 0.717) is 13.0 Å². The average Bonchev–Trinajstić information content (AvgIpc) is 2.60. The van der Waals surface area contributed by atoms with Crippen molar-refractivity contribution in [3.8, 4) is 0 Å². The number of hydrogen-bond donors (Lipinski definition) is 1. The number of carbonyl (C=O) groups is 1. The van der Waals surface area contributed by atoms with E-state index < -0.39 is 0 Å². The normalized spacial score (nSPS) is 13.4. The Kier molecular flexibility index (Phi) is 5.11. The van der Waals surface area contributed by atoms with Crippen molar-refractivity contribution in [1.82, 2.24) is 14.7 Å². The zero-order valence-corrected chi connectivity index (χ0v) is 12.7. The summed E-state index contributed by atoms with van der Waals surface area (Å²) in [5, 5.41) is 4.09. The summed E-state index contributed by atoms with van der Waals surface area (Å²) in [5.41, 5.74) is 7.22. The highest BCUT2D eigenvalue weighted by molar-refractivity contribution is 5.76. The summed E-state index contributed by atoms with van der Waals surface area (Å²) >= 11 is 0. The Morgan fingerprint density at radius 3 is 2.63 bits per heavy atom. The minimum Gasteiger partial charge on any atom is -0.341 e. The van der Waals surface area contributed by atoms with E-state index in [0.717, 1.165) is 12.0 Å². The van der Waals surface area contributed by atoms with Gasteiger partial charge in [-0.3, -0.25) is 9.48 Å². The van der Waals surface area contributed by atoms with Gasteiger partial charge in [-0.15, -0.1) is 0 Å². The van der Waals surface area contributed by atoms with Crippen LogP contribution in [0, 0.1) is 5.41 Å². The molecule has 19 heavy (non-hydrogen) atoms. The zero-order chi connectivity index (χ0) is 14.6. The number of carbonyl (C=O) groups excluding carboxylic acids is 1. The molecule has 2 N–H and O–H groups in total. The molecule has 1 amide bonds. The highest BCUT2D eigenvalue weighted by Crippen LogP contribution is 2.21. The van der Waals surface area contributed by atoms with Gasteiger partial charge in [0.2, 0.25) is 5.91 Å². The molecule has 1 rings (SSSR count). The third kappa shape index (κ3) is 5.87. The van der Waals surface area contributed by atoms with Crippen LogP contribution < -0.4 is 5.73 Å². The third-order valence-electron chi connectivity index (χ3n) is 2.92. The van der Waals surface area contributed by atoms with Crippen LogP contribution in [0.1, 0.15) is 39.2 Å². The molecule has 0 radical (unpaired) electrons. The van der Waals surface area contributed by atoms with Crippen molar-refractivity contribution in [3.63, 3.8) is 0 Å². The predicted octanol–water partition coefficient (Wildman–Crippen LogP) is 1.53. The van der Waals surface area contributed by atoms with Crippen molar-refractivity contribution in [3.05, 3.63) is 18.0 Å². The second-order valence-corrected chi connectivity index (χ2v) is 6.50. The van der Waals surface area contributed by atoms with Crippen molar-refractivity contribution in [2.24, 2.45) is 18.2 Å². The van der Waals surface area contributed by atoms with Gasteiger partial charge in [-0.1, -0.05) is 20.8 Å². The van der Waals surface area contributed by atoms with Crippen molar-refractivity contribution in [2.45, 2.75) is 46.2 Å². The number of nitrogens with zero attached hydrogens (tertiary/aromatic N) is 3. The Hall–Kier alpha value is -1.36. The molecule has 0 spiro atoms. The maximum absolute atomic E-state index is 12.1. The first-order valence-corrected chi connectivity index (χ1v) is 6.64. The van der Waals surface area contributed by atoms with Crippen LogP contribution in [0.4, 0.5) is 0 Å². The molecule has 0 saturated carbocycles. The standard InChI is InChI=1S/C14H26N4O/c1-14(2,3)7-12(15)6-13(19)17(4)9-11-8-16-18(5)10-11/h8,10,12H,6-7,9,15H2,1-5H3. The van der Waals surface area contributed by atoms with E-state index in [4.69, 9.17) is 5.73 Å². The van der Waals surface area contributed by atoms with Crippen LogP contribution in [0.3, 0.4) is 0 Å². The number of aromatic nitrogens is 2. The molecule has 1 aromatic rings. The monoisotopic (exact) mass is 266 g/mol. The molecule has 1 unspecified atom stereocenters. The van der Waals surface area contributed by atoms with E-state index in [1.807, 2.05) is 13.2 Å². The predicted molar refractivity (Wildman–Crippen MR) is 76.3 cm³/mol. The van der Waals surface area contributed by atoms with Crippen LogP contribution in [-0.4, -0.2) is 33.7 Å². The summed E-state index contributed by atoms with van der Waals surface area (Å²) in [6.07, 6.45) is 4.94. The summed E-state index contributed by atoms with van der Waals surface area (Å²) in [6.45, 7) is 6.99. The lowest BCUT2D eigenvalue weighted by Crippen LogP contribution is -2.35. The largest absolute Gasteiger partial charge is 0.341 e. The van der Waals surface area contributed by atoms with Gasteiger partial charge in [0, 0.05) is 44.9 Å². The minimum atomic E-state index is -0.0798. The van der Waals surface area contributed by atoms with Gasteiger partial charge in [-0.05, 0) is 11.8 Å². The summed E-state index contributed by atoms with van der Waals surface area (Å²) in [6, 6.07) is -0.0798. The average molecular weight is 266 g/mol. The smallest absolute Gasteiger partial charge is 0.224 e. The fraction of sp³-hybridized carbons (Fsp3) is 0.714. The molecule has 5 heteroatoms. The lowest BCUT2D eigenvalue weighted by molar-refractivity contribution is -0.130. The molecule has 0 saturated heterocycles. The molecular weight excluding hydrogens is 240 g/mol. The highest BCUT2D eigenvalue weighted by atomic mass is 16.2. The Morgan fingerprint density at radius 2 is 2.16 bits per heavy atom. The van der Waals surface area contributed by atoms with Gasteiger partial charge in [-0.2, -0.15) is 5.10 Å². The van der Waals surface area contributed by atoms with Gasteiger partial charge in [0.1, 0.15) is 0 Å². The van der Waals surface area contributed by atoms with Crippen LogP contribution in [0.2, 0.25) is 0 Å². The van der Waals surface area contributed by atoms with Crippen molar-refractivity contribution < 1.29 is 4.79 Å². The molecule has 1 aromatic heterocycles. The third-order valence-corrected chi connectivity index (χ3v) is 2.92. The maximum Gasteiger partial charge on any atom is 0.224 e. The number of hydrogen-bond acceptors (Lipinski definition) is 3. The molecule has 108 valence electrons. The first-order chi connectivity index (χ1) is 8.67. The maximum atomic E-state index is 12.1. The van der Waals surface area contributed by atoms with E-state index in [9.17, 15) is 4.79 Å². The second-order valence-electron chi connectivity index (χ2n) is 6.50. The van der Waals surface area contributed by atoms with Crippen LogP contribution in [0.5, 0.6) is 0 Å². The van der Waals surface area contributed by atoms with Crippen LogP contribution in [0.25, 0.3) is 0 Å². The number of aryl methyl sites for hydroxylation is 1. The van der Waals surface area contributed by atoms with E-state index in [1.165, 1.54) is 0 Å². The molecule has 0 fully saturated rings. The second kappa shape index (κ2) is 6.19. The first-order valence-electron chi connectivity index (χ1n) is 6.64. The molecule has 0 bridgehead atoms. The summed E-state index contributed by atoms with van der Waals surface area (Å²) in [4.78, 5) is 13.8. The molecular formula is C14H26N4O. The number of nitrogens with two attached hydrogens (primary N) is 1. The number of amides is 1. The fourth-order valence-corrected chi connectivity index (χ4v) is 2.15. The molecule has 0 aliphatic rings. The SMILES string of the molecule is CN(Cc1cnn(C)c1)C(=O)CC(N)CC(C)(C)C. The molecule has 0 aliphatic heterocycles. The van der Waals surface area contributed by atoms with Gasteiger partial charge in [0.05, 0.1) is 6.20 Å². The first kappa shape index (κ1) is 15.7. The molecule has 0 aromatic carbocycles. The fourth-order valence-electron chi connectivity index (χ4n) is 2.15. The van der Waals surface area contributed by atoms with Crippen molar-refractivity contribution in [2.75, 3.05) is 7.05 Å². The quantitative estimate of drug-likeness (QED) is 0.879.